The summed E-state index contributed by atoms with van der Waals surface area (Å²) in [6, 6.07) is 9.12. The van der Waals surface area contributed by atoms with Crippen LogP contribution in [0.1, 0.15) is 64.0 Å². The van der Waals surface area contributed by atoms with Crippen LogP contribution >= 0.6 is 0 Å². The molecule has 2 aliphatic rings. The third kappa shape index (κ3) is 5.05. The Morgan fingerprint density at radius 2 is 1.72 bits per heavy atom. The van der Waals surface area contributed by atoms with Crippen molar-refractivity contribution in [2.75, 3.05) is 6.61 Å². The molecule has 1 spiro atoms. The quantitative estimate of drug-likeness (QED) is 0.859. The van der Waals surface area contributed by atoms with Crippen molar-refractivity contribution in [1.82, 2.24) is 10.6 Å². The zero-order valence-electron chi connectivity index (χ0n) is 15.9. The number of hydrogen-bond donors (Lipinski definition) is 2. The molecule has 3 rings (SSSR count). The van der Waals surface area contributed by atoms with E-state index in [4.69, 9.17) is 4.74 Å². The van der Waals surface area contributed by atoms with Crippen molar-refractivity contribution in [3.63, 3.8) is 0 Å². The molecular weight excluding hydrogens is 312 g/mol. The Bertz CT molecular complexity index is 586. The second-order valence-corrected chi connectivity index (χ2v) is 8.61. The summed E-state index contributed by atoms with van der Waals surface area (Å²) in [5.74, 6) is 0.0110. The monoisotopic (exact) mass is 344 g/mol. The smallest absolute Gasteiger partial charge is 0.217 e. The first-order valence-corrected chi connectivity index (χ1v) is 9.56. The molecule has 1 aromatic carbocycles. The summed E-state index contributed by atoms with van der Waals surface area (Å²) in [6.45, 7) is 8.46. The second kappa shape index (κ2) is 7.46. The Kier molecular flexibility index (Phi) is 5.49. The molecule has 2 fully saturated rings. The molecule has 1 aliphatic carbocycles. The van der Waals surface area contributed by atoms with Gasteiger partial charge in [-0.2, -0.15) is 0 Å². The van der Waals surface area contributed by atoms with Crippen LogP contribution in [0, 0.1) is 5.41 Å². The van der Waals surface area contributed by atoms with Gasteiger partial charge in [0.05, 0.1) is 12.2 Å². The van der Waals surface area contributed by atoms with Crippen LogP contribution in [0.25, 0.3) is 0 Å². The minimum Gasteiger partial charge on any atom is -0.375 e. The molecule has 0 radical (unpaired) electrons. The van der Waals surface area contributed by atoms with E-state index < -0.39 is 0 Å². The van der Waals surface area contributed by atoms with Crippen LogP contribution in [0.5, 0.6) is 0 Å². The standard InChI is InChI=1S/C21H32N2O2/c1-16(24)22-12-17-4-6-18(7-5-17)13-23-19-8-10-21(11-9-19)14-20(2,3)25-15-21/h4-7,19,23H,8-15H2,1-3H3,(H,22,24). The highest BCUT2D eigenvalue weighted by Gasteiger charge is 2.45. The van der Waals surface area contributed by atoms with Gasteiger partial charge >= 0.3 is 0 Å². The number of hydrogen-bond acceptors (Lipinski definition) is 3. The van der Waals surface area contributed by atoms with Crippen LogP contribution in [0.3, 0.4) is 0 Å². The van der Waals surface area contributed by atoms with E-state index in [1.807, 2.05) is 0 Å². The lowest BCUT2D eigenvalue weighted by molar-refractivity contribution is -0.119. The van der Waals surface area contributed by atoms with Crippen LogP contribution in [-0.2, 0) is 22.6 Å². The van der Waals surface area contributed by atoms with E-state index in [9.17, 15) is 4.79 Å². The van der Waals surface area contributed by atoms with Gasteiger partial charge in [0, 0.05) is 26.1 Å². The number of rotatable bonds is 5. The van der Waals surface area contributed by atoms with Gasteiger partial charge in [-0.05, 0) is 62.5 Å². The molecule has 25 heavy (non-hydrogen) atoms. The summed E-state index contributed by atoms with van der Waals surface area (Å²) < 4.78 is 6.00. The number of carbonyl (C=O) groups is 1. The van der Waals surface area contributed by atoms with Crippen molar-refractivity contribution in [1.29, 1.82) is 0 Å². The highest BCUT2D eigenvalue weighted by molar-refractivity contribution is 5.72. The van der Waals surface area contributed by atoms with Gasteiger partial charge in [-0.1, -0.05) is 24.3 Å². The predicted octanol–water partition coefficient (Wildman–Crippen LogP) is 3.54. The lowest BCUT2D eigenvalue weighted by Gasteiger charge is -2.37. The molecule has 2 N–H and O–H groups in total. The number of ether oxygens (including phenoxy) is 1. The summed E-state index contributed by atoms with van der Waals surface area (Å²) in [5.41, 5.74) is 2.95. The molecule has 4 nitrogen and oxygen atoms in total. The van der Waals surface area contributed by atoms with Crippen molar-refractivity contribution in [3.05, 3.63) is 35.4 Å². The van der Waals surface area contributed by atoms with Crippen LogP contribution in [0.4, 0.5) is 0 Å². The largest absolute Gasteiger partial charge is 0.375 e. The molecule has 0 atom stereocenters. The molecule has 1 saturated carbocycles. The van der Waals surface area contributed by atoms with Crippen LogP contribution in [-0.4, -0.2) is 24.2 Å². The molecule has 138 valence electrons. The third-order valence-electron chi connectivity index (χ3n) is 5.78. The summed E-state index contributed by atoms with van der Waals surface area (Å²) in [7, 11) is 0. The molecule has 1 heterocycles. The number of carbonyl (C=O) groups excluding carboxylic acids is 1. The van der Waals surface area contributed by atoms with Crippen LogP contribution < -0.4 is 10.6 Å². The Morgan fingerprint density at radius 3 is 2.24 bits per heavy atom. The predicted molar refractivity (Wildman–Crippen MR) is 100 cm³/mol. The molecule has 0 aromatic heterocycles. The topological polar surface area (TPSA) is 50.4 Å². The maximum absolute atomic E-state index is 11.0. The molecule has 1 saturated heterocycles. The Balaban J connectivity index is 1.42. The van der Waals surface area contributed by atoms with E-state index in [0.717, 1.165) is 18.7 Å². The van der Waals surface area contributed by atoms with Gasteiger partial charge in [0.2, 0.25) is 5.91 Å². The van der Waals surface area contributed by atoms with Crippen molar-refractivity contribution in [2.45, 2.75) is 77.6 Å². The van der Waals surface area contributed by atoms with Gasteiger partial charge in [-0.15, -0.1) is 0 Å². The fraction of sp³-hybridized carbons (Fsp3) is 0.667. The molecule has 4 heteroatoms. The maximum atomic E-state index is 11.0. The van der Waals surface area contributed by atoms with Gasteiger partial charge in [0.25, 0.3) is 0 Å². The minimum atomic E-state index is 0.0110. The molecule has 1 aromatic rings. The average Bonchev–Trinajstić information content (AvgIpc) is 2.88. The van der Waals surface area contributed by atoms with Gasteiger partial charge in [-0.25, -0.2) is 0 Å². The van der Waals surface area contributed by atoms with Gasteiger partial charge < -0.3 is 15.4 Å². The fourth-order valence-corrected chi connectivity index (χ4v) is 4.37. The first-order valence-electron chi connectivity index (χ1n) is 9.56. The number of nitrogens with one attached hydrogen (secondary N) is 2. The number of benzene rings is 1. The molecular formula is C21H32N2O2. The van der Waals surface area contributed by atoms with Crippen LogP contribution in [0.2, 0.25) is 0 Å². The molecule has 1 amide bonds. The van der Waals surface area contributed by atoms with E-state index in [2.05, 4.69) is 48.7 Å². The maximum Gasteiger partial charge on any atom is 0.217 e. The van der Waals surface area contributed by atoms with Crippen molar-refractivity contribution >= 4 is 5.91 Å². The first-order chi connectivity index (χ1) is 11.9. The zero-order chi connectivity index (χ0) is 17.9. The van der Waals surface area contributed by atoms with Crippen molar-refractivity contribution in [2.24, 2.45) is 5.41 Å². The zero-order valence-corrected chi connectivity index (χ0v) is 15.9. The Labute approximate surface area is 151 Å². The summed E-state index contributed by atoms with van der Waals surface area (Å²) in [4.78, 5) is 11.0. The Hall–Kier alpha value is -1.39. The van der Waals surface area contributed by atoms with Crippen molar-refractivity contribution < 1.29 is 9.53 Å². The first kappa shape index (κ1) is 18.4. The van der Waals surface area contributed by atoms with Crippen LogP contribution in [0.15, 0.2) is 24.3 Å². The number of amides is 1. The van der Waals surface area contributed by atoms with E-state index in [1.54, 1.807) is 6.92 Å². The third-order valence-corrected chi connectivity index (χ3v) is 5.78. The summed E-state index contributed by atoms with van der Waals surface area (Å²) in [6.07, 6.45) is 6.27. The van der Waals surface area contributed by atoms with Gasteiger partial charge in [-0.3, -0.25) is 4.79 Å². The lowest BCUT2D eigenvalue weighted by Crippen LogP contribution is -2.38. The lowest BCUT2D eigenvalue weighted by atomic mass is 9.70. The van der Waals surface area contributed by atoms with Gasteiger partial charge in [0.1, 0.15) is 0 Å². The van der Waals surface area contributed by atoms with E-state index in [0.29, 0.717) is 18.0 Å². The Morgan fingerprint density at radius 1 is 1.12 bits per heavy atom. The summed E-state index contributed by atoms with van der Waals surface area (Å²) in [5, 5.41) is 6.55. The average molecular weight is 344 g/mol. The van der Waals surface area contributed by atoms with E-state index >= 15 is 0 Å². The van der Waals surface area contributed by atoms with Crippen molar-refractivity contribution in [3.8, 4) is 0 Å². The highest BCUT2D eigenvalue weighted by Crippen LogP contribution is 2.48. The summed E-state index contributed by atoms with van der Waals surface area (Å²) >= 11 is 0. The van der Waals surface area contributed by atoms with E-state index in [-0.39, 0.29) is 11.5 Å². The minimum absolute atomic E-state index is 0.0110. The SMILES string of the molecule is CC(=O)NCc1ccc(CNC2CCC3(CC2)COC(C)(C)C3)cc1. The highest BCUT2D eigenvalue weighted by atomic mass is 16.5. The molecule has 0 unspecified atom stereocenters. The molecule has 1 aliphatic heterocycles. The second-order valence-electron chi connectivity index (χ2n) is 8.61. The fourth-order valence-electron chi connectivity index (χ4n) is 4.37. The van der Waals surface area contributed by atoms with Gasteiger partial charge in [0.15, 0.2) is 0 Å². The normalized spacial score (nSPS) is 28.2. The molecule has 0 bridgehead atoms. The van der Waals surface area contributed by atoms with E-state index in [1.165, 1.54) is 37.7 Å².